The van der Waals surface area contributed by atoms with E-state index in [9.17, 15) is 5.11 Å². The van der Waals surface area contributed by atoms with Crippen molar-refractivity contribution in [2.45, 2.75) is 64.6 Å². The third kappa shape index (κ3) is 3.73. The normalized spacial score (nSPS) is 25.0. The summed E-state index contributed by atoms with van der Waals surface area (Å²) in [4.78, 5) is 0. The first-order chi connectivity index (χ1) is 9.24. The molecule has 19 heavy (non-hydrogen) atoms. The molecule has 1 aliphatic carbocycles. The Labute approximate surface area is 116 Å². The van der Waals surface area contributed by atoms with Gasteiger partial charge in [-0.3, -0.25) is 0 Å². The fraction of sp³-hybridized carbons (Fsp3) is 0.647. The second-order valence-electron chi connectivity index (χ2n) is 5.60. The number of ether oxygens (including phenoxy) is 1. The van der Waals surface area contributed by atoms with Crippen LogP contribution in [0.25, 0.3) is 0 Å². The summed E-state index contributed by atoms with van der Waals surface area (Å²) >= 11 is 0. The highest BCUT2D eigenvalue weighted by Crippen LogP contribution is 2.31. The van der Waals surface area contributed by atoms with Gasteiger partial charge in [0.1, 0.15) is 11.9 Å². The van der Waals surface area contributed by atoms with E-state index in [2.05, 4.69) is 6.92 Å². The quantitative estimate of drug-likeness (QED) is 0.848. The van der Waals surface area contributed by atoms with Crippen molar-refractivity contribution < 1.29 is 9.84 Å². The lowest BCUT2D eigenvalue weighted by atomic mass is 9.85. The summed E-state index contributed by atoms with van der Waals surface area (Å²) in [7, 11) is 0. The highest BCUT2D eigenvalue weighted by molar-refractivity contribution is 5.28. The molecule has 0 radical (unpaired) electrons. The fourth-order valence-corrected chi connectivity index (χ4v) is 2.97. The van der Waals surface area contributed by atoms with Gasteiger partial charge < -0.3 is 9.84 Å². The van der Waals surface area contributed by atoms with Crippen LogP contribution in [0, 0.1) is 5.92 Å². The van der Waals surface area contributed by atoms with Crippen molar-refractivity contribution in [3.8, 4) is 5.75 Å². The van der Waals surface area contributed by atoms with Gasteiger partial charge in [-0.2, -0.15) is 0 Å². The van der Waals surface area contributed by atoms with Crippen LogP contribution in [0.5, 0.6) is 5.75 Å². The Balaban J connectivity index is 1.98. The van der Waals surface area contributed by atoms with Crippen LogP contribution in [0.15, 0.2) is 24.3 Å². The number of benzene rings is 1. The second-order valence-corrected chi connectivity index (χ2v) is 5.60. The predicted molar refractivity (Wildman–Crippen MR) is 78.4 cm³/mol. The Kier molecular flexibility index (Phi) is 5.26. The molecule has 1 saturated carbocycles. The maximum atomic E-state index is 9.78. The van der Waals surface area contributed by atoms with Crippen LogP contribution in [0.2, 0.25) is 0 Å². The molecular formula is C17H26O2. The van der Waals surface area contributed by atoms with E-state index in [1.54, 1.807) is 0 Å². The summed E-state index contributed by atoms with van der Waals surface area (Å²) < 4.78 is 6.15. The van der Waals surface area contributed by atoms with Gasteiger partial charge in [0, 0.05) is 0 Å². The van der Waals surface area contributed by atoms with E-state index in [0.717, 1.165) is 17.7 Å². The summed E-state index contributed by atoms with van der Waals surface area (Å²) in [6.45, 7) is 4.25. The van der Waals surface area contributed by atoms with E-state index < -0.39 is 0 Å². The Morgan fingerprint density at radius 3 is 2.47 bits per heavy atom. The molecule has 3 atom stereocenters. The van der Waals surface area contributed by atoms with Crippen molar-refractivity contribution in [2.24, 2.45) is 5.92 Å². The van der Waals surface area contributed by atoms with Gasteiger partial charge in [0.05, 0.1) is 6.10 Å². The van der Waals surface area contributed by atoms with E-state index in [1.165, 1.54) is 32.1 Å². The lowest BCUT2D eigenvalue weighted by Gasteiger charge is -2.31. The zero-order valence-electron chi connectivity index (χ0n) is 12.1. The molecule has 2 unspecified atom stereocenters. The Bertz CT molecular complexity index is 371. The van der Waals surface area contributed by atoms with Crippen molar-refractivity contribution in [2.75, 3.05) is 0 Å². The van der Waals surface area contributed by atoms with Gasteiger partial charge in [-0.15, -0.1) is 0 Å². The average molecular weight is 262 g/mol. The molecule has 106 valence electrons. The zero-order valence-corrected chi connectivity index (χ0v) is 12.1. The maximum absolute atomic E-state index is 9.78. The van der Waals surface area contributed by atoms with E-state index >= 15 is 0 Å². The topological polar surface area (TPSA) is 29.5 Å². The van der Waals surface area contributed by atoms with Crippen molar-refractivity contribution in [3.63, 3.8) is 0 Å². The maximum Gasteiger partial charge on any atom is 0.119 e. The largest absolute Gasteiger partial charge is 0.490 e. The number of aliphatic hydroxyl groups excluding tert-OH is 1. The van der Waals surface area contributed by atoms with Crippen molar-refractivity contribution in [3.05, 3.63) is 29.8 Å². The number of aliphatic hydroxyl groups is 1. The van der Waals surface area contributed by atoms with E-state index in [0.29, 0.717) is 12.0 Å². The van der Waals surface area contributed by atoms with Crippen LogP contribution in [0.3, 0.4) is 0 Å². The van der Waals surface area contributed by atoms with E-state index in [4.69, 9.17) is 4.74 Å². The first-order valence-corrected chi connectivity index (χ1v) is 7.69. The van der Waals surface area contributed by atoms with Crippen LogP contribution in [-0.4, -0.2) is 11.2 Å². The monoisotopic (exact) mass is 262 g/mol. The highest BCUT2D eigenvalue weighted by atomic mass is 16.5. The molecule has 0 amide bonds. The van der Waals surface area contributed by atoms with Crippen molar-refractivity contribution in [1.29, 1.82) is 0 Å². The smallest absolute Gasteiger partial charge is 0.119 e. The Hall–Kier alpha value is -1.02. The summed E-state index contributed by atoms with van der Waals surface area (Å²) in [5.74, 6) is 1.65. The molecule has 0 spiro atoms. The summed E-state index contributed by atoms with van der Waals surface area (Å²) in [5, 5.41) is 9.78. The molecule has 1 N–H and O–H groups in total. The minimum Gasteiger partial charge on any atom is -0.490 e. The van der Waals surface area contributed by atoms with E-state index in [1.807, 2.05) is 31.2 Å². The second kappa shape index (κ2) is 6.95. The SMILES string of the molecule is CCC1CCCCC1Oc1ccc([C@@H](O)CC)cc1. The minimum absolute atomic E-state index is 0.355. The van der Waals surface area contributed by atoms with Gasteiger partial charge >= 0.3 is 0 Å². The summed E-state index contributed by atoms with van der Waals surface area (Å²) in [5.41, 5.74) is 0.977. The molecule has 2 heteroatoms. The van der Waals surface area contributed by atoms with Gasteiger partial charge in [-0.25, -0.2) is 0 Å². The molecule has 1 fully saturated rings. The lowest BCUT2D eigenvalue weighted by molar-refractivity contribution is 0.0903. The third-order valence-corrected chi connectivity index (χ3v) is 4.30. The summed E-state index contributed by atoms with van der Waals surface area (Å²) in [6.07, 6.45) is 7.09. The first-order valence-electron chi connectivity index (χ1n) is 7.69. The lowest BCUT2D eigenvalue weighted by Crippen LogP contribution is -2.29. The molecule has 0 heterocycles. The molecule has 1 aliphatic rings. The number of rotatable bonds is 5. The molecule has 2 nitrogen and oxygen atoms in total. The van der Waals surface area contributed by atoms with Crippen molar-refractivity contribution >= 4 is 0 Å². The average Bonchev–Trinajstić information content (AvgIpc) is 2.48. The number of hydrogen-bond donors (Lipinski definition) is 1. The Morgan fingerprint density at radius 2 is 1.84 bits per heavy atom. The van der Waals surface area contributed by atoms with Gasteiger partial charge in [0.2, 0.25) is 0 Å². The van der Waals surface area contributed by atoms with Crippen LogP contribution in [0.4, 0.5) is 0 Å². The molecule has 0 aliphatic heterocycles. The number of hydrogen-bond acceptors (Lipinski definition) is 2. The molecule has 0 aromatic heterocycles. The highest BCUT2D eigenvalue weighted by Gasteiger charge is 2.25. The van der Waals surface area contributed by atoms with Crippen LogP contribution >= 0.6 is 0 Å². The molecule has 0 bridgehead atoms. The van der Waals surface area contributed by atoms with Gasteiger partial charge in [0.25, 0.3) is 0 Å². The molecule has 1 aromatic rings. The van der Waals surface area contributed by atoms with Crippen molar-refractivity contribution in [1.82, 2.24) is 0 Å². The van der Waals surface area contributed by atoms with Gasteiger partial charge in [-0.1, -0.05) is 32.4 Å². The molecule has 2 rings (SSSR count). The zero-order chi connectivity index (χ0) is 13.7. The standard InChI is InChI=1S/C17H26O2/c1-3-13-7-5-6-8-17(13)19-15-11-9-14(10-12-15)16(18)4-2/h9-13,16-18H,3-8H2,1-2H3/t13?,16-,17?/m0/s1. The predicted octanol–water partition coefficient (Wildman–Crippen LogP) is 4.48. The van der Waals surface area contributed by atoms with Crippen LogP contribution in [0.1, 0.15) is 64.0 Å². The molecular weight excluding hydrogens is 236 g/mol. The Morgan fingerprint density at radius 1 is 1.16 bits per heavy atom. The first kappa shape index (κ1) is 14.4. The fourth-order valence-electron chi connectivity index (χ4n) is 2.97. The molecule has 1 aromatic carbocycles. The minimum atomic E-state index is -0.355. The van der Waals surface area contributed by atoms with Gasteiger partial charge in [0.15, 0.2) is 0 Å². The van der Waals surface area contributed by atoms with Gasteiger partial charge in [-0.05, 0) is 55.7 Å². The van der Waals surface area contributed by atoms with E-state index in [-0.39, 0.29) is 6.10 Å². The van der Waals surface area contributed by atoms with Crippen LogP contribution in [-0.2, 0) is 0 Å². The van der Waals surface area contributed by atoms with Crippen LogP contribution < -0.4 is 4.74 Å². The molecule has 0 saturated heterocycles. The summed E-state index contributed by atoms with van der Waals surface area (Å²) in [6, 6.07) is 7.95. The third-order valence-electron chi connectivity index (χ3n) is 4.30.